The van der Waals surface area contributed by atoms with Gasteiger partial charge in [0.25, 0.3) is 5.91 Å². The van der Waals surface area contributed by atoms with Crippen LogP contribution in [0.3, 0.4) is 0 Å². The van der Waals surface area contributed by atoms with Crippen LogP contribution in [-0.2, 0) is 9.59 Å². The lowest BCUT2D eigenvalue weighted by Crippen LogP contribution is -2.42. The molecule has 1 amide bonds. The molecular weight excluding hydrogens is 180 g/mol. The van der Waals surface area contributed by atoms with E-state index in [9.17, 15) is 9.59 Å². The predicted molar refractivity (Wildman–Crippen MR) is 38.4 cm³/mol. The Balaban J connectivity index is 2.74. The van der Waals surface area contributed by atoms with E-state index in [2.05, 4.69) is 0 Å². The molecule has 0 aromatic carbocycles. The summed E-state index contributed by atoms with van der Waals surface area (Å²) in [6, 6.07) is -1.39. The van der Waals surface area contributed by atoms with Crippen molar-refractivity contribution in [2.24, 2.45) is 11.7 Å². The van der Waals surface area contributed by atoms with Gasteiger partial charge in [-0.1, -0.05) is 0 Å². The van der Waals surface area contributed by atoms with Crippen LogP contribution in [0.1, 0.15) is 6.42 Å². The van der Waals surface area contributed by atoms with Crippen molar-refractivity contribution in [3.63, 3.8) is 0 Å². The van der Waals surface area contributed by atoms with Crippen molar-refractivity contribution in [3.05, 3.63) is 0 Å². The van der Waals surface area contributed by atoms with Gasteiger partial charge < -0.3 is 15.9 Å². The molecule has 1 fully saturated rings. The van der Waals surface area contributed by atoms with Crippen LogP contribution in [0, 0.1) is 5.92 Å². The number of amides is 1. The maximum absolute atomic E-state index is 11.0. The summed E-state index contributed by atoms with van der Waals surface area (Å²) in [5, 5.41) is 26.4. The monoisotopic (exact) mass is 190 g/mol. The summed E-state index contributed by atoms with van der Waals surface area (Å²) in [4.78, 5) is 21.4. The Bertz CT molecular complexity index is 243. The summed E-state index contributed by atoms with van der Waals surface area (Å²) in [5.74, 6) is -3.25. The Kier molecular flexibility index (Phi) is 2.50. The molecule has 7 nitrogen and oxygen atoms in total. The third-order valence-corrected chi connectivity index (χ3v) is 2.01. The molecule has 1 rings (SSSR count). The topological polar surface area (TPSA) is 124 Å². The molecule has 7 heteroatoms. The van der Waals surface area contributed by atoms with Gasteiger partial charge in [-0.2, -0.15) is 5.06 Å². The quantitative estimate of drug-likeness (QED) is 0.372. The zero-order chi connectivity index (χ0) is 10.2. The number of carbonyl (C=O) groups excluding carboxylic acids is 1. The van der Waals surface area contributed by atoms with Gasteiger partial charge in [0, 0.05) is 6.42 Å². The summed E-state index contributed by atoms with van der Waals surface area (Å²) in [6.45, 7) is 0. The van der Waals surface area contributed by atoms with E-state index in [1.807, 2.05) is 0 Å². The first-order valence-corrected chi connectivity index (χ1v) is 3.63. The van der Waals surface area contributed by atoms with Gasteiger partial charge in [-0.15, -0.1) is 0 Å². The maximum atomic E-state index is 11.0. The van der Waals surface area contributed by atoms with E-state index in [1.54, 1.807) is 0 Å². The van der Waals surface area contributed by atoms with Crippen molar-refractivity contribution in [2.75, 3.05) is 0 Å². The summed E-state index contributed by atoms with van der Waals surface area (Å²) in [5.41, 5.74) is 5.17. The van der Waals surface area contributed by atoms with Gasteiger partial charge in [0.15, 0.2) is 6.23 Å². The number of carbonyl (C=O) groups is 2. The minimum Gasteiger partial charge on any atom is -0.480 e. The number of rotatable bonds is 2. The Morgan fingerprint density at radius 1 is 1.69 bits per heavy atom. The lowest BCUT2D eigenvalue weighted by atomic mass is 9.99. The Hall–Kier alpha value is -1.18. The highest BCUT2D eigenvalue weighted by Gasteiger charge is 2.43. The van der Waals surface area contributed by atoms with E-state index in [0.717, 1.165) is 0 Å². The molecule has 0 aromatic heterocycles. The van der Waals surface area contributed by atoms with Gasteiger partial charge in [-0.3, -0.25) is 14.8 Å². The largest absolute Gasteiger partial charge is 0.480 e. The lowest BCUT2D eigenvalue weighted by molar-refractivity contribution is -0.191. The van der Waals surface area contributed by atoms with Gasteiger partial charge in [0.05, 0.1) is 5.92 Å². The predicted octanol–water partition coefficient (Wildman–Crippen LogP) is -2.05. The second kappa shape index (κ2) is 3.29. The van der Waals surface area contributed by atoms with E-state index in [1.165, 1.54) is 0 Å². The lowest BCUT2D eigenvalue weighted by Gasteiger charge is -2.12. The maximum Gasteiger partial charge on any atom is 0.321 e. The summed E-state index contributed by atoms with van der Waals surface area (Å²) in [7, 11) is 0. The molecule has 0 aliphatic carbocycles. The van der Waals surface area contributed by atoms with Crippen LogP contribution in [0.25, 0.3) is 0 Å². The number of nitrogens with zero attached hydrogens (tertiary/aromatic N) is 1. The number of nitrogens with two attached hydrogens (primary N) is 1. The van der Waals surface area contributed by atoms with E-state index < -0.39 is 30.1 Å². The molecule has 0 bridgehead atoms. The van der Waals surface area contributed by atoms with E-state index in [0.29, 0.717) is 0 Å². The van der Waals surface area contributed by atoms with Crippen LogP contribution in [0.15, 0.2) is 0 Å². The Morgan fingerprint density at radius 3 is 2.54 bits per heavy atom. The minimum atomic E-state index is -1.39. The first kappa shape index (κ1) is 9.90. The Morgan fingerprint density at radius 2 is 2.23 bits per heavy atom. The first-order valence-electron chi connectivity index (χ1n) is 3.63. The first-order chi connectivity index (χ1) is 5.95. The summed E-state index contributed by atoms with van der Waals surface area (Å²) in [6.07, 6.45) is -1.52. The van der Waals surface area contributed by atoms with Crippen LogP contribution in [0.2, 0.25) is 0 Å². The molecule has 0 aromatic rings. The second-order valence-electron chi connectivity index (χ2n) is 2.87. The fourth-order valence-electron chi connectivity index (χ4n) is 1.22. The normalized spacial score (nSPS) is 30.7. The SMILES string of the molecule is N[C@H](C(=O)O)[C@H]1C[C@@H](O)N(O)C1=O. The number of carboxylic acid groups (broad SMARTS) is 1. The number of hydrogen-bond acceptors (Lipinski definition) is 5. The van der Waals surface area contributed by atoms with Crippen molar-refractivity contribution in [3.8, 4) is 0 Å². The zero-order valence-electron chi connectivity index (χ0n) is 6.62. The highest BCUT2D eigenvalue weighted by Crippen LogP contribution is 2.23. The molecule has 3 atom stereocenters. The summed E-state index contributed by atoms with van der Waals surface area (Å²) >= 11 is 0. The van der Waals surface area contributed by atoms with Crippen LogP contribution < -0.4 is 5.73 Å². The molecule has 0 saturated carbocycles. The molecule has 74 valence electrons. The number of aliphatic hydroxyl groups excluding tert-OH is 1. The molecule has 0 spiro atoms. The highest BCUT2D eigenvalue weighted by molar-refractivity contribution is 5.87. The number of hydrogen-bond donors (Lipinski definition) is 4. The number of aliphatic hydroxyl groups is 1. The fraction of sp³-hybridized carbons (Fsp3) is 0.667. The van der Waals surface area contributed by atoms with Gasteiger partial charge >= 0.3 is 5.97 Å². The van der Waals surface area contributed by atoms with Gasteiger partial charge in [0.2, 0.25) is 0 Å². The molecule has 1 heterocycles. The molecule has 1 saturated heterocycles. The van der Waals surface area contributed by atoms with Crippen molar-refractivity contribution < 1.29 is 25.0 Å². The number of aliphatic carboxylic acids is 1. The number of hydroxylamine groups is 2. The van der Waals surface area contributed by atoms with Crippen molar-refractivity contribution in [1.29, 1.82) is 0 Å². The van der Waals surface area contributed by atoms with Crippen molar-refractivity contribution in [2.45, 2.75) is 18.7 Å². The summed E-state index contributed by atoms with van der Waals surface area (Å²) < 4.78 is 0. The average molecular weight is 190 g/mol. The standard InChI is InChI=1S/C6H10N2O5/c7-4(6(11)12)2-1-3(9)8(13)5(2)10/h2-4,9,13H,1,7H2,(H,11,12)/t2-,3-,4+/m1/s1. The molecule has 0 unspecified atom stereocenters. The Labute approximate surface area is 73.3 Å². The molecule has 1 aliphatic rings. The van der Waals surface area contributed by atoms with E-state index >= 15 is 0 Å². The van der Waals surface area contributed by atoms with Gasteiger partial charge in [0.1, 0.15) is 6.04 Å². The van der Waals surface area contributed by atoms with E-state index in [4.69, 9.17) is 21.2 Å². The smallest absolute Gasteiger partial charge is 0.321 e. The van der Waals surface area contributed by atoms with Gasteiger partial charge in [-0.05, 0) is 0 Å². The third-order valence-electron chi connectivity index (χ3n) is 2.01. The van der Waals surface area contributed by atoms with Crippen LogP contribution in [-0.4, -0.2) is 44.6 Å². The van der Waals surface area contributed by atoms with Gasteiger partial charge in [-0.25, -0.2) is 0 Å². The third kappa shape index (κ3) is 1.62. The molecule has 5 N–H and O–H groups in total. The fourth-order valence-corrected chi connectivity index (χ4v) is 1.22. The van der Waals surface area contributed by atoms with Crippen LogP contribution in [0.5, 0.6) is 0 Å². The molecular formula is C6H10N2O5. The second-order valence-corrected chi connectivity index (χ2v) is 2.87. The molecule has 1 aliphatic heterocycles. The van der Waals surface area contributed by atoms with Crippen molar-refractivity contribution in [1.82, 2.24) is 5.06 Å². The highest BCUT2D eigenvalue weighted by atomic mass is 16.5. The number of carboxylic acids is 1. The van der Waals surface area contributed by atoms with Crippen molar-refractivity contribution >= 4 is 11.9 Å². The van der Waals surface area contributed by atoms with Crippen LogP contribution >= 0.6 is 0 Å². The van der Waals surface area contributed by atoms with Crippen LogP contribution in [0.4, 0.5) is 0 Å². The average Bonchev–Trinajstić information content (AvgIpc) is 2.31. The minimum absolute atomic E-state index is 0.105. The molecule has 13 heavy (non-hydrogen) atoms. The van der Waals surface area contributed by atoms with E-state index in [-0.39, 0.29) is 11.5 Å². The zero-order valence-corrected chi connectivity index (χ0v) is 6.62. The molecule has 0 radical (unpaired) electrons.